The molecule has 1 fully saturated rings. The topological polar surface area (TPSA) is 63.7 Å². The zero-order valence-corrected chi connectivity index (χ0v) is 15.6. The minimum Gasteiger partial charge on any atom is -0.449 e. The van der Waals surface area contributed by atoms with Crippen LogP contribution in [0.4, 0.5) is 13.2 Å². The summed E-state index contributed by atoms with van der Waals surface area (Å²) in [4.78, 5) is 37.9. The number of carbonyl (C=O) groups excluding carboxylic acids is 3. The van der Waals surface area contributed by atoms with Crippen LogP contribution in [0.25, 0.3) is 0 Å². The van der Waals surface area contributed by atoms with Crippen LogP contribution in [0.5, 0.6) is 0 Å². The summed E-state index contributed by atoms with van der Waals surface area (Å²) in [6.45, 7) is 9.47. The summed E-state index contributed by atoms with van der Waals surface area (Å²) < 4.78 is 43.3. The lowest BCUT2D eigenvalue weighted by molar-refractivity contribution is -0.186. The Kier molecular flexibility index (Phi) is 7.41. The first-order valence-electron chi connectivity index (χ1n) is 8.66. The number of hydrogen-bond acceptors (Lipinski definition) is 4. The first-order valence-corrected chi connectivity index (χ1v) is 8.66. The molecule has 0 radical (unpaired) electrons. The summed E-state index contributed by atoms with van der Waals surface area (Å²) in [6.07, 6.45) is -5.52. The van der Waals surface area contributed by atoms with Crippen LogP contribution < -0.4 is 0 Å². The Labute approximate surface area is 151 Å². The van der Waals surface area contributed by atoms with Gasteiger partial charge in [-0.25, -0.2) is 4.79 Å². The van der Waals surface area contributed by atoms with Crippen molar-refractivity contribution < 1.29 is 32.3 Å². The van der Waals surface area contributed by atoms with Gasteiger partial charge in [0, 0.05) is 17.5 Å². The second kappa shape index (κ2) is 8.68. The highest BCUT2D eigenvalue weighted by atomic mass is 19.4. The lowest BCUT2D eigenvalue weighted by Gasteiger charge is -2.34. The summed E-state index contributed by atoms with van der Waals surface area (Å²) in [7, 11) is 0. The second-order valence-electron chi connectivity index (χ2n) is 7.06. The number of rotatable bonds is 5. The van der Waals surface area contributed by atoms with Gasteiger partial charge >= 0.3 is 12.1 Å². The Hall–Kier alpha value is -1.86. The molecule has 1 aliphatic carbocycles. The van der Waals surface area contributed by atoms with E-state index < -0.39 is 47.9 Å². The number of esters is 1. The Balaban J connectivity index is 2.80. The van der Waals surface area contributed by atoms with E-state index in [9.17, 15) is 27.6 Å². The van der Waals surface area contributed by atoms with E-state index in [1.807, 2.05) is 0 Å². The van der Waals surface area contributed by atoms with Crippen LogP contribution in [0.15, 0.2) is 12.2 Å². The first kappa shape index (κ1) is 22.2. The van der Waals surface area contributed by atoms with Crippen LogP contribution >= 0.6 is 0 Å². The monoisotopic (exact) mass is 377 g/mol. The maximum atomic E-state index is 12.8. The number of amides is 2. The van der Waals surface area contributed by atoms with Gasteiger partial charge in [-0.1, -0.05) is 6.58 Å². The number of imide groups is 1. The van der Waals surface area contributed by atoms with Crippen molar-refractivity contribution in [2.45, 2.75) is 71.7 Å². The minimum absolute atomic E-state index is 0.0828. The molecule has 2 amide bonds. The molecule has 1 atom stereocenters. The number of nitrogens with zero attached hydrogens (tertiary/aromatic N) is 1. The van der Waals surface area contributed by atoms with Crippen molar-refractivity contribution in [3.05, 3.63) is 12.2 Å². The molecule has 1 rings (SSSR count). The van der Waals surface area contributed by atoms with Crippen molar-refractivity contribution in [2.24, 2.45) is 11.8 Å². The maximum Gasteiger partial charge on any atom is 0.391 e. The number of alkyl halides is 3. The van der Waals surface area contributed by atoms with Gasteiger partial charge in [0.15, 0.2) is 6.10 Å². The van der Waals surface area contributed by atoms with Gasteiger partial charge in [0.05, 0.1) is 5.92 Å². The molecule has 0 spiro atoms. The molecule has 0 heterocycles. The molecule has 148 valence electrons. The standard InChI is InChI=1S/C18H26F3NO4/c1-10(2)17(25)26-12(5)15(23)22(11(3)4)16(24)13-6-8-14(9-7-13)18(19,20)21/h11-14H,1,6-9H2,2-5H3. The zero-order chi connectivity index (χ0) is 20.2. The van der Waals surface area contributed by atoms with Crippen LogP contribution in [0.2, 0.25) is 0 Å². The molecule has 0 bridgehead atoms. The molecule has 8 heteroatoms. The van der Waals surface area contributed by atoms with Crippen molar-refractivity contribution in [1.82, 2.24) is 4.90 Å². The Morgan fingerprint density at radius 1 is 1.08 bits per heavy atom. The Morgan fingerprint density at radius 3 is 1.96 bits per heavy atom. The number of ether oxygens (including phenoxy) is 1. The highest BCUT2D eigenvalue weighted by Crippen LogP contribution is 2.40. The Bertz CT molecular complexity index is 563. The molecule has 5 nitrogen and oxygen atoms in total. The first-order chi connectivity index (χ1) is 11.9. The summed E-state index contributed by atoms with van der Waals surface area (Å²) in [5.74, 6) is -3.97. The Morgan fingerprint density at radius 2 is 1.58 bits per heavy atom. The summed E-state index contributed by atoms with van der Waals surface area (Å²) >= 11 is 0. The predicted octanol–water partition coefficient (Wildman–Crippen LogP) is 3.63. The fourth-order valence-electron chi connectivity index (χ4n) is 2.99. The third-order valence-electron chi connectivity index (χ3n) is 4.51. The SMILES string of the molecule is C=C(C)C(=O)OC(C)C(=O)N(C(=O)C1CCC(C(F)(F)F)CC1)C(C)C. The van der Waals surface area contributed by atoms with Crippen LogP contribution in [0.3, 0.4) is 0 Å². The average molecular weight is 377 g/mol. The van der Waals surface area contributed by atoms with Gasteiger partial charge in [-0.05, 0) is 53.4 Å². The van der Waals surface area contributed by atoms with Crippen molar-refractivity contribution in [3.63, 3.8) is 0 Å². The summed E-state index contributed by atoms with van der Waals surface area (Å²) in [6, 6.07) is -0.499. The number of halogens is 3. The minimum atomic E-state index is -4.26. The van der Waals surface area contributed by atoms with Gasteiger partial charge in [-0.2, -0.15) is 13.2 Å². The van der Waals surface area contributed by atoms with E-state index in [0.29, 0.717) is 0 Å². The molecule has 0 aromatic heterocycles. The third-order valence-corrected chi connectivity index (χ3v) is 4.51. The summed E-state index contributed by atoms with van der Waals surface area (Å²) in [5, 5.41) is 0. The highest BCUT2D eigenvalue weighted by molar-refractivity contribution is 6.00. The van der Waals surface area contributed by atoms with Crippen molar-refractivity contribution in [3.8, 4) is 0 Å². The lowest BCUT2D eigenvalue weighted by Crippen LogP contribution is -2.50. The fraction of sp³-hybridized carbons (Fsp3) is 0.722. The van der Waals surface area contributed by atoms with Gasteiger partial charge in [0.2, 0.25) is 5.91 Å². The van der Waals surface area contributed by atoms with Gasteiger partial charge in [-0.3, -0.25) is 14.5 Å². The quantitative estimate of drug-likeness (QED) is 0.542. The van der Waals surface area contributed by atoms with E-state index in [0.717, 1.165) is 4.90 Å². The maximum absolute atomic E-state index is 12.8. The summed E-state index contributed by atoms with van der Waals surface area (Å²) in [5.41, 5.74) is 0.123. The molecule has 1 aliphatic rings. The van der Waals surface area contributed by atoms with E-state index >= 15 is 0 Å². The van der Waals surface area contributed by atoms with Gasteiger partial charge in [-0.15, -0.1) is 0 Å². The van der Waals surface area contributed by atoms with Crippen molar-refractivity contribution >= 4 is 17.8 Å². The van der Waals surface area contributed by atoms with Gasteiger partial charge in [0.25, 0.3) is 5.91 Å². The molecular formula is C18H26F3NO4. The van der Waals surface area contributed by atoms with Crippen LogP contribution in [0, 0.1) is 11.8 Å². The van der Waals surface area contributed by atoms with Gasteiger partial charge < -0.3 is 4.74 Å². The van der Waals surface area contributed by atoms with E-state index in [-0.39, 0.29) is 31.3 Å². The second-order valence-corrected chi connectivity index (χ2v) is 7.06. The molecule has 0 N–H and O–H groups in total. The van der Waals surface area contributed by atoms with Crippen LogP contribution in [-0.4, -0.2) is 41.0 Å². The molecule has 0 aliphatic heterocycles. The molecule has 0 aromatic carbocycles. The average Bonchev–Trinajstić information content (AvgIpc) is 2.53. The smallest absolute Gasteiger partial charge is 0.391 e. The highest BCUT2D eigenvalue weighted by Gasteiger charge is 2.44. The van der Waals surface area contributed by atoms with E-state index in [2.05, 4.69) is 6.58 Å². The van der Waals surface area contributed by atoms with Gasteiger partial charge in [0.1, 0.15) is 0 Å². The van der Waals surface area contributed by atoms with E-state index in [4.69, 9.17) is 4.74 Å². The number of carbonyl (C=O) groups is 3. The number of hydrogen-bond donors (Lipinski definition) is 0. The molecule has 1 unspecified atom stereocenters. The largest absolute Gasteiger partial charge is 0.449 e. The van der Waals surface area contributed by atoms with E-state index in [1.165, 1.54) is 13.8 Å². The van der Waals surface area contributed by atoms with E-state index in [1.54, 1.807) is 13.8 Å². The molecule has 1 saturated carbocycles. The molecule has 0 saturated heterocycles. The normalized spacial score (nSPS) is 21.8. The molecular weight excluding hydrogens is 351 g/mol. The van der Waals surface area contributed by atoms with Crippen LogP contribution in [-0.2, 0) is 19.1 Å². The third kappa shape index (κ3) is 5.57. The fourth-order valence-corrected chi connectivity index (χ4v) is 2.99. The van der Waals surface area contributed by atoms with Crippen molar-refractivity contribution in [1.29, 1.82) is 0 Å². The van der Waals surface area contributed by atoms with Crippen molar-refractivity contribution in [2.75, 3.05) is 0 Å². The van der Waals surface area contributed by atoms with Crippen LogP contribution in [0.1, 0.15) is 53.4 Å². The molecule has 26 heavy (non-hydrogen) atoms. The lowest BCUT2D eigenvalue weighted by atomic mass is 9.81. The predicted molar refractivity (Wildman–Crippen MR) is 88.9 cm³/mol. The zero-order valence-electron chi connectivity index (χ0n) is 15.6. The molecule has 0 aromatic rings.